The molecule has 1 N–H and O–H groups in total. The van der Waals surface area contributed by atoms with Gasteiger partial charge in [0.05, 0.1) is 11.2 Å². The van der Waals surface area contributed by atoms with Crippen LogP contribution < -0.4 is 5.32 Å². The Kier molecular flexibility index (Phi) is 7.19. The molecule has 3 heterocycles. The van der Waals surface area contributed by atoms with E-state index in [2.05, 4.69) is 5.32 Å². The number of piperidine rings is 1. The maximum atomic E-state index is 13.3. The molecule has 0 atom stereocenters. The minimum Gasteiger partial charge on any atom is -0.459 e. The first kappa shape index (κ1) is 23.5. The Labute approximate surface area is 195 Å². The normalized spacial score (nSPS) is 18.6. The van der Waals surface area contributed by atoms with E-state index in [0.29, 0.717) is 56.0 Å². The number of carbonyl (C=O) groups is 2. The van der Waals surface area contributed by atoms with Crippen molar-refractivity contribution in [2.75, 3.05) is 31.5 Å². The van der Waals surface area contributed by atoms with Crippen LogP contribution in [0.15, 0.2) is 45.9 Å². The minimum absolute atomic E-state index is 0.151. The number of anilines is 1. The number of sulfonamides is 1. The van der Waals surface area contributed by atoms with Gasteiger partial charge in [0.25, 0.3) is 5.91 Å². The van der Waals surface area contributed by atoms with Gasteiger partial charge in [-0.25, -0.2) is 8.42 Å². The van der Waals surface area contributed by atoms with Crippen molar-refractivity contribution in [1.29, 1.82) is 0 Å². The van der Waals surface area contributed by atoms with Crippen LogP contribution in [0.5, 0.6) is 0 Å². The predicted molar refractivity (Wildman–Crippen MR) is 124 cm³/mol. The van der Waals surface area contributed by atoms with E-state index in [1.165, 1.54) is 6.26 Å². The molecule has 2 saturated heterocycles. The third-order valence-corrected chi connectivity index (χ3v) is 8.56. The van der Waals surface area contributed by atoms with Gasteiger partial charge in [-0.1, -0.05) is 18.9 Å². The van der Waals surface area contributed by atoms with E-state index in [1.807, 2.05) is 0 Å². The molecule has 0 radical (unpaired) electrons. The fourth-order valence-electron chi connectivity index (χ4n) is 4.52. The Balaban J connectivity index is 1.40. The van der Waals surface area contributed by atoms with Crippen molar-refractivity contribution < 1.29 is 22.4 Å². The highest BCUT2D eigenvalue weighted by Crippen LogP contribution is 2.27. The molecule has 0 bridgehead atoms. The number of carbonyl (C=O) groups excluding carboxylic acids is 2. The van der Waals surface area contributed by atoms with Crippen molar-refractivity contribution in [3.63, 3.8) is 0 Å². The lowest BCUT2D eigenvalue weighted by molar-refractivity contribution is -0.121. The molecule has 0 unspecified atom stereocenters. The number of likely N-dealkylation sites (tertiary alicyclic amines) is 1. The molecule has 8 nitrogen and oxygen atoms in total. The average molecular weight is 474 g/mol. The highest BCUT2D eigenvalue weighted by atomic mass is 32.2. The van der Waals surface area contributed by atoms with Gasteiger partial charge in [-0.2, -0.15) is 4.31 Å². The summed E-state index contributed by atoms with van der Waals surface area (Å²) in [5.74, 6) is -0.254. The van der Waals surface area contributed by atoms with Gasteiger partial charge in [-0.3, -0.25) is 9.59 Å². The molecule has 33 heavy (non-hydrogen) atoms. The Bertz CT molecular complexity index is 1080. The topological polar surface area (TPSA) is 99.9 Å². The molecular weight excluding hydrogens is 442 g/mol. The van der Waals surface area contributed by atoms with Gasteiger partial charge in [-0.15, -0.1) is 0 Å². The van der Waals surface area contributed by atoms with Crippen molar-refractivity contribution >= 4 is 27.5 Å². The van der Waals surface area contributed by atoms with Crippen molar-refractivity contribution in [2.45, 2.75) is 50.3 Å². The van der Waals surface area contributed by atoms with Crippen LogP contribution in [0.3, 0.4) is 0 Å². The maximum absolute atomic E-state index is 13.3. The summed E-state index contributed by atoms with van der Waals surface area (Å²) < 4.78 is 33.3. The van der Waals surface area contributed by atoms with E-state index in [0.717, 1.165) is 25.7 Å². The van der Waals surface area contributed by atoms with Crippen molar-refractivity contribution in [1.82, 2.24) is 9.21 Å². The number of hydrogen-bond donors (Lipinski definition) is 1. The van der Waals surface area contributed by atoms with Gasteiger partial charge < -0.3 is 14.6 Å². The van der Waals surface area contributed by atoms with Gasteiger partial charge >= 0.3 is 0 Å². The predicted octanol–water partition coefficient (Wildman–Crippen LogP) is 3.64. The fourth-order valence-corrected chi connectivity index (χ4v) is 6.29. The number of hydrogen-bond acceptors (Lipinski definition) is 5. The monoisotopic (exact) mass is 473 g/mol. The second kappa shape index (κ2) is 10.1. The molecule has 2 aliphatic rings. The largest absolute Gasteiger partial charge is 0.459 e. The highest BCUT2D eigenvalue weighted by molar-refractivity contribution is 7.89. The summed E-state index contributed by atoms with van der Waals surface area (Å²) in [6.07, 6.45) is 6.40. The Morgan fingerprint density at radius 3 is 2.33 bits per heavy atom. The smallest absolute Gasteiger partial charge is 0.289 e. The summed E-state index contributed by atoms with van der Waals surface area (Å²) in [5, 5.41) is 2.89. The van der Waals surface area contributed by atoms with Crippen LogP contribution in [0, 0.1) is 12.8 Å². The lowest BCUT2D eigenvalue weighted by atomic mass is 9.95. The molecule has 0 spiro atoms. The zero-order valence-electron chi connectivity index (χ0n) is 19.0. The molecule has 2 aromatic rings. The van der Waals surface area contributed by atoms with E-state index in [4.69, 9.17) is 4.42 Å². The molecule has 0 saturated carbocycles. The van der Waals surface area contributed by atoms with Crippen molar-refractivity contribution in [2.24, 2.45) is 5.92 Å². The van der Waals surface area contributed by atoms with Crippen molar-refractivity contribution in [3.8, 4) is 0 Å². The third kappa shape index (κ3) is 5.30. The molecule has 1 aromatic heterocycles. The maximum Gasteiger partial charge on any atom is 0.289 e. The van der Waals surface area contributed by atoms with Crippen LogP contribution in [0.1, 0.15) is 54.6 Å². The number of benzene rings is 1. The van der Waals surface area contributed by atoms with Gasteiger partial charge in [0.15, 0.2) is 5.76 Å². The lowest BCUT2D eigenvalue weighted by Gasteiger charge is -2.30. The molecule has 0 aliphatic carbocycles. The molecule has 2 aliphatic heterocycles. The SMILES string of the molecule is Cc1ccc(NC(=O)C2CCN(C(=O)c3ccco3)CC2)cc1S(=O)(=O)N1CCCCCC1. The lowest BCUT2D eigenvalue weighted by Crippen LogP contribution is -2.41. The first-order valence-electron chi connectivity index (χ1n) is 11.6. The third-order valence-electron chi connectivity index (χ3n) is 6.52. The summed E-state index contributed by atoms with van der Waals surface area (Å²) in [6.45, 7) is 3.80. The Morgan fingerprint density at radius 2 is 1.70 bits per heavy atom. The van der Waals surface area contributed by atoms with Crippen LogP contribution in [0.4, 0.5) is 5.69 Å². The van der Waals surface area contributed by atoms with Gasteiger partial charge in [0, 0.05) is 37.8 Å². The second-order valence-electron chi connectivity index (χ2n) is 8.83. The first-order valence-corrected chi connectivity index (χ1v) is 13.0. The Hall–Kier alpha value is -2.65. The number of rotatable bonds is 5. The number of amides is 2. The summed E-state index contributed by atoms with van der Waals surface area (Å²) >= 11 is 0. The number of nitrogens with zero attached hydrogens (tertiary/aromatic N) is 2. The van der Waals surface area contributed by atoms with Crippen LogP contribution in [-0.4, -0.2) is 55.6 Å². The summed E-state index contributed by atoms with van der Waals surface area (Å²) in [5.41, 5.74) is 1.15. The van der Waals surface area contributed by atoms with Crippen LogP contribution in [0.2, 0.25) is 0 Å². The molecule has 1 aromatic carbocycles. The van der Waals surface area contributed by atoms with E-state index < -0.39 is 10.0 Å². The van der Waals surface area contributed by atoms with Gasteiger partial charge in [0.2, 0.25) is 15.9 Å². The standard InChI is InChI=1S/C24H31N3O5S/c1-18-8-9-20(17-22(18)33(30,31)27-12-4-2-3-5-13-27)25-23(28)19-10-14-26(15-11-19)24(29)21-7-6-16-32-21/h6-9,16-17,19H,2-5,10-15H2,1H3,(H,25,28). The Morgan fingerprint density at radius 1 is 1.00 bits per heavy atom. The summed E-state index contributed by atoms with van der Waals surface area (Å²) in [4.78, 5) is 27.2. The van der Waals surface area contributed by atoms with E-state index in [1.54, 1.807) is 46.5 Å². The van der Waals surface area contributed by atoms with E-state index in [9.17, 15) is 18.0 Å². The van der Waals surface area contributed by atoms with E-state index in [-0.39, 0.29) is 22.6 Å². The zero-order chi connectivity index (χ0) is 23.4. The van der Waals surface area contributed by atoms with E-state index >= 15 is 0 Å². The molecule has 178 valence electrons. The van der Waals surface area contributed by atoms with Crippen LogP contribution in [0.25, 0.3) is 0 Å². The van der Waals surface area contributed by atoms with Crippen LogP contribution in [-0.2, 0) is 14.8 Å². The zero-order valence-corrected chi connectivity index (χ0v) is 19.8. The molecule has 4 rings (SSSR count). The van der Waals surface area contributed by atoms with Gasteiger partial charge in [-0.05, 0) is 62.4 Å². The molecule has 2 amide bonds. The summed E-state index contributed by atoms with van der Waals surface area (Å²) in [7, 11) is -3.61. The number of aryl methyl sites for hydroxylation is 1. The molecule has 2 fully saturated rings. The average Bonchev–Trinajstić information content (AvgIpc) is 3.21. The van der Waals surface area contributed by atoms with Crippen molar-refractivity contribution in [3.05, 3.63) is 47.9 Å². The fraction of sp³-hybridized carbons (Fsp3) is 0.500. The number of furan rings is 1. The van der Waals surface area contributed by atoms with Crippen LogP contribution >= 0.6 is 0 Å². The minimum atomic E-state index is -3.61. The summed E-state index contributed by atoms with van der Waals surface area (Å²) in [6, 6.07) is 8.37. The quantitative estimate of drug-likeness (QED) is 0.715. The van der Waals surface area contributed by atoms with Gasteiger partial charge in [0.1, 0.15) is 0 Å². The first-order chi connectivity index (χ1) is 15.9. The second-order valence-corrected chi connectivity index (χ2v) is 10.7. The molecular formula is C24H31N3O5S. The highest BCUT2D eigenvalue weighted by Gasteiger charge is 2.30. The number of nitrogens with one attached hydrogen (secondary N) is 1. The molecule has 9 heteroatoms.